The highest BCUT2D eigenvalue weighted by molar-refractivity contribution is 4.90. The van der Waals surface area contributed by atoms with Gasteiger partial charge < -0.3 is 10.5 Å². The molecule has 0 amide bonds. The molecule has 0 atom stereocenters. The Hall–Kier alpha value is -0.940. The smallest absolute Gasteiger partial charge is 0.108 e. The van der Waals surface area contributed by atoms with Gasteiger partial charge in [0.15, 0.2) is 0 Å². The largest absolute Gasteiger partial charge is 0.367 e. The molecule has 0 fully saturated rings. The maximum Gasteiger partial charge on any atom is 0.108 e. The van der Waals surface area contributed by atoms with E-state index in [1.807, 2.05) is 13.2 Å². The molecule has 0 aliphatic carbocycles. The number of nitrogens with zero attached hydrogens (tertiary/aromatic N) is 3. The Morgan fingerprint density at radius 1 is 1.47 bits per heavy atom. The summed E-state index contributed by atoms with van der Waals surface area (Å²) in [4.78, 5) is 0. The molecule has 15 heavy (non-hydrogen) atoms. The molecule has 1 aromatic heterocycles. The molecule has 1 rings (SSSR count). The molecule has 0 saturated carbocycles. The average molecular weight is 212 g/mol. The Balaban J connectivity index is 2.54. The van der Waals surface area contributed by atoms with Crippen LogP contribution < -0.4 is 5.73 Å². The Morgan fingerprint density at radius 3 is 2.53 bits per heavy atom. The zero-order valence-electron chi connectivity index (χ0n) is 9.73. The first kappa shape index (κ1) is 12.1. The van der Waals surface area contributed by atoms with Crippen LogP contribution in [0.1, 0.15) is 32.4 Å². The van der Waals surface area contributed by atoms with Crippen LogP contribution in [-0.2, 0) is 18.4 Å². The molecule has 0 saturated heterocycles. The van der Waals surface area contributed by atoms with E-state index in [0.29, 0.717) is 13.2 Å². The minimum Gasteiger partial charge on any atom is -0.367 e. The Morgan fingerprint density at radius 2 is 2.13 bits per heavy atom. The Kier molecular flexibility index (Phi) is 4.23. The van der Waals surface area contributed by atoms with Crippen molar-refractivity contribution in [3.63, 3.8) is 0 Å². The number of hydrogen-bond acceptors (Lipinski definition) is 4. The summed E-state index contributed by atoms with van der Waals surface area (Å²) < 4.78 is 7.50. The molecule has 86 valence electrons. The van der Waals surface area contributed by atoms with Crippen molar-refractivity contribution in [3.05, 3.63) is 11.9 Å². The Bertz CT molecular complexity index is 285. The molecule has 0 spiro atoms. The topological polar surface area (TPSA) is 66.0 Å². The highest BCUT2D eigenvalue weighted by Gasteiger charge is 2.25. The van der Waals surface area contributed by atoms with Gasteiger partial charge in [-0.15, -0.1) is 5.10 Å². The normalized spacial score (nSPS) is 12.0. The lowest BCUT2D eigenvalue weighted by molar-refractivity contribution is -0.0566. The zero-order chi connectivity index (χ0) is 11.3. The van der Waals surface area contributed by atoms with E-state index in [9.17, 15) is 0 Å². The van der Waals surface area contributed by atoms with E-state index < -0.39 is 0 Å². The van der Waals surface area contributed by atoms with E-state index >= 15 is 0 Å². The number of rotatable bonds is 6. The van der Waals surface area contributed by atoms with E-state index in [4.69, 9.17) is 10.5 Å². The molecule has 0 aliphatic rings. The van der Waals surface area contributed by atoms with Gasteiger partial charge >= 0.3 is 0 Å². The summed E-state index contributed by atoms with van der Waals surface area (Å²) in [7, 11) is 1.84. The van der Waals surface area contributed by atoms with Crippen LogP contribution in [0, 0.1) is 0 Å². The van der Waals surface area contributed by atoms with Crippen LogP contribution in [-0.4, -0.2) is 27.1 Å². The SMILES string of the molecule is CCC(CC)(CN)OCc1cn(C)nn1. The summed E-state index contributed by atoms with van der Waals surface area (Å²) in [6.07, 6.45) is 3.69. The first-order chi connectivity index (χ1) is 7.15. The summed E-state index contributed by atoms with van der Waals surface area (Å²) in [5, 5.41) is 7.82. The lowest BCUT2D eigenvalue weighted by Gasteiger charge is -2.29. The van der Waals surface area contributed by atoms with Crippen LogP contribution in [0.3, 0.4) is 0 Å². The fraction of sp³-hybridized carbons (Fsp3) is 0.800. The molecular weight excluding hydrogens is 192 g/mol. The van der Waals surface area contributed by atoms with Gasteiger partial charge in [0.1, 0.15) is 5.69 Å². The van der Waals surface area contributed by atoms with Crippen molar-refractivity contribution < 1.29 is 4.74 Å². The predicted octanol–water partition coefficient (Wildman–Crippen LogP) is 0.849. The Labute approximate surface area is 90.6 Å². The average Bonchev–Trinajstić information content (AvgIpc) is 2.67. The van der Waals surface area contributed by atoms with Gasteiger partial charge in [-0.25, -0.2) is 0 Å². The molecule has 0 unspecified atom stereocenters. The van der Waals surface area contributed by atoms with Crippen molar-refractivity contribution in [2.75, 3.05) is 6.54 Å². The van der Waals surface area contributed by atoms with Crippen molar-refractivity contribution in [2.45, 2.75) is 38.9 Å². The standard InChI is InChI=1S/C10H20N4O/c1-4-10(5-2,8-11)15-7-9-6-14(3)13-12-9/h6H,4-5,7-8,11H2,1-3H3. The second kappa shape index (κ2) is 5.23. The van der Waals surface area contributed by atoms with Crippen molar-refractivity contribution in [3.8, 4) is 0 Å². The lowest BCUT2D eigenvalue weighted by atomic mass is 9.97. The van der Waals surface area contributed by atoms with Crippen molar-refractivity contribution in [1.29, 1.82) is 0 Å². The van der Waals surface area contributed by atoms with Gasteiger partial charge in [0.2, 0.25) is 0 Å². The van der Waals surface area contributed by atoms with Gasteiger partial charge in [-0.3, -0.25) is 4.68 Å². The molecule has 1 aromatic rings. The third kappa shape index (κ3) is 3.00. The molecule has 1 heterocycles. The maximum atomic E-state index is 5.84. The fourth-order valence-corrected chi connectivity index (χ4v) is 1.49. The van der Waals surface area contributed by atoms with E-state index in [1.54, 1.807) is 4.68 Å². The minimum atomic E-state index is -0.211. The second-order valence-electron chi connectivity index (χ2n) is 3.77. The summed E-state index contributed by atoms with van der Waals surface area (Å²) in [6, 6.07) is 0. The second-order valence-corrected chi connectivity index (χ2v) is 3.77. The van der Waals surface area contributed by atoms with Crippen LogP contribution in [0.15, 0.2) is 6.20 Å². The summed E-state index contributed by atoms with van der Waals surface area (Å²) >= 11 is 0. The molecular formula is C10H20N4O. The monoisotopic (exact) mass is 212 g/mol. The number of aromatic nitrogens is 3. The molecule has 2 N–H and O–H groups in total. The van der Waals surface area contributed by atoms with Gasteiger partial charge in [0, 0.05) is 13.6 Å². The predicted molar refractivity (Wildman–Crippen MR) is 58.2 cm³/mol. The number of ether oxygens (including phenoxy) is 1. The van der Waals surface area contributed by atoms with Gasteiger partial charge in [0.05, 0.1) is 18.4 Å². The number of aryl methyl sites for hydroxylation is 1. The minimum absolute atomic E-state index is 0.211. The van der Waals surface area contributed by atoms with Crippen LogP contribution in [0.5, 0.6) is 0 Å². The van der Waals surface area contributed by atoms with Gasteiger partial charge in [-0.1, -0.05) is 19.1 Å². The third-order valence-electron chi connectivity index (χ3n) is 2.84. The van der Waals surface area contributed by atoms with Crippen molar-refractivity contribution >= 4 is 0 Å². The maximum absolute atomic E-state index is 5.84. The molecule has 0 aromatic carbocycles. The molecule has 5 nitrogen and oxygen atoms in total. The fourth-order valence-electron chi connectivity index (χ4n) is 1.49. The highest BCUT2D eigenvalue weighted by Crippen LogP contribution is 2.20. The summed E-state index contributed by atoms with van der Waals surface area (Å²) in [5.41, 5.74) is 6.37. The van der Waals surface area contributed by atoms with E-state index in [-0.39, 0.29) is 5.60 Å². The van der Waals surface area contributed by atoms with Crippen molar-refractivity contribution in [2.24, 2.45) is 12.8 Å². The summed E-state index contributed by atoms with van der Waals surface area (Å²) in [5.74, 6) is 0. The van der Waals surface area contributed by atoms with E-state index in [1.165, 1.54) is 0 Å². The lowest BCUT2D eigenvalue weighted by Crippen LogP contribution is -2.39. The van der Waals surface area contributed by atoms with Crippen LogP contribution in [0.2, 0.25) is 0 Å². The van der Waals surface area contributed by atoms with Gasteiger partial charge in [-0.2, -0.15) is 0 Å². The highest BCUT2D eigenvalue weighted by atomic mass is 16.5. The van der Waals surface area contributed by atoms with E-state index in [2.05, 4.69) is 24.2 Å². The quantitative estimate of drug-likeness (QED) is 0.759. The molecule has 5 heteroatoms. The molecule has 0 radical (unpaired) electrons. The molecule has 0 aliphatic heterocycles. The van der Waals surface area contributed by atoms with Crippen LogP contribution in [0.4, 0.5) is 0 Å². The van der Waals surface area contributed by atoms with Crippen LogP contribution in [0.25, 0.3) is 0 Å². The number of hydrogen-bond donors (Lipinski definition) is 1. The van der Waals surface area contributed by atoms with Gasteiger partial charge in [-0.05, 0) is 12.8 Å². The van der Waals surface area contributed by atoms with Crippen LogP contribution >= 0.6 is 0 Å². The first-order valence-electron chi connectivity index (χ1n) is 5.35. The van der Waals surface area contributed by atoms with Gasteiger partial charge in [0.25, 0.3) is 0 Å². The number of nitrogens with two attached hydrogens (primary N) is 1. The summed E-state index contributed by atoms with van der Waals surface area (Å²) in [6.45, 7) is 5.20. The first-order valence-corrected chi connectivity index (χ1v) is 5.35. The molecule has 0 bridgehead atoms. The zero-order valence-corrected chi connectivity index (χ0v) is 9.73. The van der Waals surface area contributed by atoms with E-state index in [0.717, 1.165) is 18.5 Å². The third-order valence-corrected chi connectivity index (χ3v) is 2.84. The van der Waals surface area contributed by atoms with Crippen molar-refractivity contribution in [1.82, 2.24) is 15.0 Å².